The van der Waals surface area contributed by atoms with E-state index in [1.54, 1.807) is 5.57 Å². The van der Waals surface area contributed by atoms with E-state index < -0.39 is 0 Å². The highest BCUT2D eigenvalue weighted by Crippen LogP contribution is 2.30. The van der Waals surface area contributed by atoms with Gasteiger partial charge in [0.2, 0.25) is 0 Å². The zero-order valence-electron chi connectivity index (χ0n) is 7.56. The number of allylic oxidation sites excluding steroid dienone is 2. The van der Waals surface area contributed by atoms with Crippen LogP contribution >= 0.6 is 0 Å². The second kappa shape index (κ2) is 3.40. The third kappa shape index (κ3) is 2.66. The van der Waals surface area contributed by atoms with Gasteiger partial charge in [0.1, 0.15) is 0 Å². The Bertz CT molecular complexity index is 156. The molecule has 0 amide bonds. The molecule has 1 heteroatoms. The van der Waals surface area contributed by atoms with Crippen LogP contribution in [0.4, 0.5) is 0 Å². The van der Waals surface area contributed by atoms with Crippen LogP contribution in [0.5, 0.6) is 0 Å². The van der Waals surface area contributed by atoms with Crippen molar-refractivity contribution in [3.8, 4) is 0 Å². The maximum Gasteiger partial charge on any atom is 0.0485 e. The fourth-order valence-electron chi connectivity index (χ4n) is 1.57. The Morgan fingerprint density at radius 2 is 2.27 bits per heavy atom. The van der Waals surface area contributed by atoms with Crippen LogP contribution in [0.15, 0.2) is 11.6 Å². The predicted molar refractivity (Wildman–Crippen MR) is 47.4 cm³/mol. The van der Waals surface area contributed by atoms with Gasteiger partial charge in [0, 0.05) is 6.61 Å². The molecule has 0 bridgehead atoms. The second-order valence-corrected chi connectivity index (χ2v) is 4.25. The minimum absolute atomic E-state index is 0.0934. The molecule has 0 heterocycles. The lowest BCUT2D eigenvalue weighted by molar-refractivity contribution is 0.159. The normalized spacial score (nSPS) is 18.6. The Labute approximate surface area is 69.1 Å². The van der Waals surface area contributed by atoms with E-state index in [1.165, 1.54) is 19.3 Å². The van der Waals surface area contributed by atoms with Crippen LogP contribution in [0.3, 0.4) is 0 Å². The van der Waals surface area contributed by atoms with E-state index >= 15 is 0 Å². The average molecular weight is 154 g/mol. The first-order valence-corrected chi connectivity index (χ1v) is 4.43. The van der Waals surface area contributed by atoms with E-state index in [0.29, 0.717) is 6.61 Å². The lowest BCUT2D eigenvalue weighted by atomic mass is 9.86. The fraction of sp³-hybridized carbons (Fsp3) is 0.800. The molecule has 1 rings (SSSR count). The molecule has 0 saturated carbocycles. The molecule has 0 atom stereocenters. The van der Waals surface area contributed by atoms with Gasteiger partial charge in [0.05, 0.1) is 0 Å². The van der Waals surface area contributed by atoms with Crippen molar-refractivity contribution in [3.63, 3.8) is 0 Å². The summed E-state index contributed by atoms with van der Waals surface area (Å²) in [6, 6.07) is 0. The topological polar surface area (TPSA) is 20.2 Å². The molecular weight excluding hydrogens is 136 g/mol. The molecule has 0 aromatic carbocycles. The quantitative estimate of drug-likeness (QED) is 0.619. The Kier molecular flexibility index (Phi) is 2.72. The Morgan fingerprint density at radius 1 is 1.55 bits per heavy atom. The van der Waals surface area contributed by atoms with Gasteiger partial charge in [-0.15, -0.1) is 0 Å². The van der Waals surface area contributed by atoms with Crippen molar-refractivity contribution >= 4 is 0 Å². The zero-order valence-corrected chi connectivity index (χ0v) is 7.56. The Balaban J connectivity index is 2.40. The summed E-state index contributed by atoms with van der Waals surface area (Å²) in [5.41, 5.74) is 1.64. The van der Waals surface area contributed by atoms with Crippen LogP contribution in [0.25, 0.3) is 0 Å². The Morgan fingerprint density at radius 3 is 2.73 bits per heavy atom. The average Bonchev–Trinajstić information content (AvgIpc) is 2.39. The number of rotatable bonds is 3. The molecule has 11 heavy (non-hydrogen) atoms. The molecule has 0 fully saturated rings. The SMILES string of the molecule is CC(C)(CO)CC1=CCCC1. The van der Waals surface area contributed by atoms with Gasteiger partial charge in [0.25, 0.3) is 0 Å². The van der Waals surface area contributed by atoms with Crippen molar-refractivity contribution in [2.75, 3.05) is 6.61 Å². The summed E-state index contributed by atoms with van der Waals surface area (Å²) in [4.78, 5) is 0. The molecule has 0 aromatic rings. The van der Waals surface area contributed by atoms with Gasteiger partial charge in [-0.1, -0.05) is 25.5 Å². The zero-order chi connectivity index (χ0) is 8.32. The minimum Gasteiger partial charge on any atom is -0.396 e. The summed E-state index contributed by atoms with van der Waals surface area (Å²) >= 11 is 0. The standard InChI is InChI=1S/C10H18O/c1-10(2,8-11)7-9-5-3-4-6-9/h5,11H,3-4,6-8H2,1-2H3. The summed E-state index contributed by atoms with van der Waals surface area (Å²) in [7, 11) is 0. The maximum absolute atomic E-state index is 9.03. The van der Waals surface area contributed by atoms with Crippen LogP contribution in [0.1, 0.15) is 39.5 Å². The highest BCUT2D eigenvalue weighted by atomic mass is 16.3. The summed E-state index contributed by atoms with van der Waals surface area (Å²) in [5, 5.41) is 9.03. The number of hydrogen-bond donors (Lipinski definition) is 1. The molecule has 1 aliphatic carbocycles. The van der Waals surface area contributed by atoms with E-state index in [-0.39, 0.29) is 5.41 Å². The molecule has 0 aromatic heterocycles. The fourth-order valence-corrected chi connectivity index (χ4v) is 1.57. The lowest BCUT2D eigenvalue weighted by Crippen LogP contribution is -2.16. The van der Waals surface area contributed by atoms with Gasteiger partial charge in [-0.2, -0.15) is 0 Å². The van der Waals surface area contributed by atoms with Gasteiger partial charge < -0.3 is 5.11 Å². The largest absolute Gasteiger partial charge is 0.396 e. The van der Waals surface area contributed by atoms with Crippen molar-refractivity contribution < 1.29 is 5.11 Å². The predicted octanol–water partition coefficient (Wildman–Crippen LogP) is 2.51. The van der Waals surface area contributed by atoms with Crippen LogP contribution in [0, 0.1) is 5.41 Å². The molecule has 1 nitrogen and oxygen atoms in total. The minimum atomic E-state index is 0.0934. The van der Waals surface area contributed by atoms with Gasteiger partial charge >= 0.3 is 0 Å². The van der Waals surface area contributed by atoms with Crippen molar-refractivity contribution in [3.05, 3.63) is 11.6 Å². The summed E-state index contributed by atoms with van der Waals surface area (Å²) < 4.78 is 0. The van der Waals surface area contributed by atoms with E-state index in [1.807, 2.05) is 0 Å². The lowest BCUT2D eigenvalue weighted by Gasteiger charge is -2.21. The Hall–Kier alpha value is -0.300. The second-order valence-electron chi connectivity index (χ2n) is 4.25. The monoisotopic (exact) mass is 154 g/mol. The number of hydrogen-bond acceptors (Lipinski definition) is 1. The van der Waals surface area contributed by atoms with Gasteiger partial charge in [-0.25, -0.2) is 0 Å². The highest BCUT2D eigenvalue weighted by Gasteiger charge is 2.19. The van der Waals surface area contributed by atoms with Gasteiger partial charge in [-0.05, 0) is 31.1 Å². The van der Waals surface area contributed by atoms with E-state index in [4.69, 9.17) is 5.11 Å². The molecule has 0 spiro atoms. The molecule has 0 saturated heterocycles. The van der Waals surface area contributed by atoms with Crippen molar-refractivity contribution in [1.82, 2.24) is 0 Å². The van der Waals surface area contributed by atoms with Crippen LogP contribution in [0.2, 0.25) is 0 Å². The van der Waals surface area contributed by atoms with Crippen molar-refractivity contribution in [1.29, 1.82) is 0 Å². The van der Waals surface area contributed by atoms with Crippen molar-refractivity contribution in [2.45, 2.75) is 39.5 Å². The summed E-state index contributed by atoms with van der Waals surface area (Å²) in [5.74, 6) is 0. The van der Waals surface area contributed by atoms with E-state index in [9.17, 15) is 0 Å². The first kappa shape index (κ1) is 8.79. The highest BCUT2D eigenvalue weighted by molar-refractivity contribution is 5.09. The molecule has 0 radical (unpaired) electrons. The van der Waals surface area contributed by atoms with Crippen LogP contribution in [-0.2, 0) is 0 Å². The molecule has 1 N–H and O–H groups in total. The summed E-state index contributed by atoms with van der Waals surface area (Å²) in [6.07, 6.45) is 7.22. The summed E-state index contributed by atoms with van der Waals surface area (Å²) in [6.45, 7) is 4.53. The third-order valence-corrected chi connectivity index (χ3v) is 2.27. The smallest absolute Gasteiger partial charge is 0.0485 e. The van der Waals surface area contributed by atoms with Gasteiger partial charge in [-0.3, -0.25) is 0 Å². The van der Waals surface area contributed by atoms with Crippen LogP contribution < -0.4 is 0 Å². The van der Waals surface area contributed by atoms with Crippen molar-refractivity contribution in [2.24, 2.45) is 5.41 Å². The molecule has 1 aliphatic rings. The third-order valence-electron chi connectivity index (χ3n) is 2.27. The molecular formula is C10H18O. The maximum atomic E-state index is 9.03. The number of aliphatic hydroxyl groups excluding tert-OH is 1. The van der Waals surface area contributed by atoms with E-state index in [2.05, 4.69) is 19.9 Å². The molecule has 0 aliphatic heterocycles. The molecule has 64 valence electrons. The first-order valence-electron chi connectivity index (χ1n) is 4.43. The first-order chi connectivity index (χ1) is 5.14. The number of aliphatic hydroxyl groups is 1. The van der Waals surface area contributed by atoms with E-state index in [0.717, 1.165) is 6.42 Å². The van der Waals surface area contributed by atoms with Crippen LogP contribution in [-0.4, -0.2) is 11.7 Å². The van der Waals surface area contributed by atoms with Gasteiger partial charge in [0.15, 0.2) is 0 Å². The molecule has 0 unspecified atom stereocenters.